The molecule has 2 aliphatic rings. The SMILES string of the molecule is C.CC(C)(C)O[C@@H]1O[C@H](C(=O)O)[C@@H](O)[C@H](O)[C@H]1O.CC(C)(C)O[C@@H]1O[C@H](CO)[C@@H](O)[C@H](O)[C@H]1O. The van der Waals surface area contributed by atoms with Gasteiger partial charge < -0.3 is 59.8 Å². The number of ether oxygens (including phenoxy) is 4. The molecule has 0 radical (unpaired) electrons. The molecule has 8 N–H and O–H groups in total. The van der Waals surface area contributed by atoms with E-state index in [2.05, 4.69) is 0 Å². The topological polar surface area (TPSA) is 216 Å². The molecule has 0 amide bonds. The zero-order valence-electron chi connectivity index (χ0n) is 19.6. The van der Waals surface area contributed by atoms with Gasteiger partial charge in [-0.3, -0.25) is 0 Å². The minimum absolute atomic E-state index is 0. The summed E-state index contributed by atoms with van der Waals surface area (Å²) in [7, 11) is 0. The number of carbonyl (C=O) groups is 1. The van der Waals surface area contributed by atoms with Gasteiger partial charge in [-0.25, -0.2) is 4.79 Å². The molecule has 13 heteroatoms. The van der Waals surface area contributed by atoms with Crippen molar-refractivity contribution in [3.63, 3.8) is 0 Å². The summed E-state index contributed by atoms with van der Waals surface area (Å²) < 4.78 is 20.8. The van der Waals surface area contributed by atoms with Crippen molar-refractivity contribution in [1.82, 2.24) is 0 Å². The number of aliphatic hydroxyl groups is 7. The average Bonchev–Trinajstić information content (AvgIpc) is 2.67. The van der Waals surface area contributed by atoms with Gasteiger partial charge in [0.25, 0.3) is 0 Å². The smallest absolute Gasteiger partial charge is 0.335 e. The van der Waals surface area contributed by atoms with Gasteiger partial charge in [0.15, 0.2) is 18.7 Å². The van der Waals surface area contributed by atoms with E-state index in [9.17, 15) is 35.4 Å². The lowest BCUT2D eigenvalue weighted by molar-refractivity contribution is -0.320. The van der Waals surface area contributed by atoms with Crippen molar-refractivity contribution in [2.24, 2.45) is 0 Å². The summed E-state index contributed by atoms with van der Waals surface area (Å²) >= 11 is 0. The van der Waals surface area contributed by atoms with Gasteiger partial charge in [0.05, 0.1) is 17.8 Å². The van der Waals surface area contributed by atoms with Crippen molar-refractivity contribution in [3.05, 3.63) is 0 Å². The van der Waals surface area contributed by atoms with Gasteiger partial charge >= 0.3 is 5.97 Å². The van der Waals surface area contributed by atoms with Crippen LogP contribution in [-0.4, -0.2) is 126 Å². The van der Waals surface area contributed by atoms with Gasteiger partial charge in [0.2, 0.25) is 0 Å². The molecule has 0 aromatic carbocycles. The molecule has 2 saturated heterocycles. The second kappa shape index (κ2) is 12.8. The third-order valence-corrected chi connectivity index (χ3v) is 4.60. The summed E-state index contributed by atoms with van der Waals surface area (Å²) in [5.41, 5.74) is -1.25. The molecule has 0 saturated carbocycles. The highest BCUT2D eigenvalue weighted by molar-refractivity contribution is 5.73. The molecule has 2 heterocycles. The van der Waals surface area contributed by atoms with Crippen LogP contribution >= 0.6 is 0 Å². The van der Waals surface area contributed by atoms with Gasteiger partial charge in [-0.05, 0) is 41.5 Å². The maximum atomic E-state index is 10.8. The first-order valence-corrected chi connectivity index (χ1v) is 10.5. The van der Waals surface area contributed by atoms with E-state index in [4.69, 9.17) is 29.2 Å². The number of hydrogen-bond donors (Lipinski definition) is 8. The van der Waals surface area contributed by atoms with Crippen LogP contribution in [0.25, 0.3) is 0 Å². The summed E-state index contributed by atoms with van der Waals surface area (Å²) in [6.07, 6.45) is -13.8. The Morgan fingerprint density at radius 2 is 1.09 bits per heavy atom. The van der Waals surface area contributed by atoms with Crippen molar-refractivity contribution < 1.29 is 64.6 Å². The zero-order valence-corrected chi connectivity index (χ0v) is 19.6. The third-order valence-electron chi connectivity index (χ3n) is 4.60. The zero-order chi connectivity index (χ0) is 25.9. The first kappa shape index (κ1) is 33.0. The van der Waals surface area contributed by atoms with Crippen LogP contribution in [0.4, 0.5) is 0 Å². The van der Waals surface area contributed by atoms with Crippen LogP contribution in [0.1, 0.15) is 49.0 Å². The average molecular weight is 503 g/mol. The standard InChI is InChI=1S/C10H18O7.C10H20O6.CH4/c1-10(2,3)17-9-6(13)4(11)5(12)7(16-9)8(14)15;1-10(2,3)16-9-8(14)7(13)6(12)5(4-11)15-9;/h4-7,9,11-13H,1-3H3,(H,14,15);5-9,11-14H,4H2,1-3H3;1H4/t4-,5-,6+,7-,9-;5-,6-,7+,8-,9+;/m01./s1. The van der Waals surface area contributed by atoms with E-state index in [0.29, 0.717) is 0 Å². The van der Waals surface area contributed by atoms with E-state index in [0.717, 1.165) is 0 Å². The molecule has 0 bridgehead atoms. The van der Waals surface area contributed by atoms with Crippen LogP contribution in [0.3, 0.4) is 0 Å². The molecule has 0 aromatic heterocycles. The molecule has 34 heavy (non-hydrogen) atoms. The molecule has 0 unspecified atom stereocenters. The molecule has 0 spiro atoms. The predicted molar refractivity (Wildman–Crippen MR) is 116 cm³/mol. The van der Waals surface area contributed by atoms with Gasteiger partial charge in [0, 0.05) is 0 Å². The van der Waals surface area contributed by atoms with Crippen LogP contribution < -0.4 is 0 Å². The highest BCUT2D eigenvalue weighted by Crippen LogP contribution is 2.26. The Hall–Kier alpha value is -0.970. The second-order valence-electron chi connectivity index (χ2n) is 9.89. The Morgan fingerprint density at radius 1 is 0.706 bits per heavy atom. The van der Waals surface area contributed by atoms with Crippen molar-refractivity contribution in [3.8, 4) is 0 Å². The monoisotopic (exact) mass is 502 g/mol. The highest BCUT2D eigenvalue weighted by atomic mass is 16.7. The fraction of sp³-hybridized carbons (Fsp3) is 0.952. The summed E-state index contributed by atoms with van der Waals surface area (Å²) in [5, 5.41) is 75.0. The van der Waals surface area contributed by atoms with Crippen LogP contribution in [0, 0.1) is 0 Å². The number of aliphatic carboxylic acids is 1. The Kier molecular flexibility index (Phi) is 12.5. The lowest BCUT2D eigenvalue weighted by Gasteiger charge is -2.41. The Bertz CT molecular complexity index is 615. The van der Waals surface area contributed by atoms with E-state index in [1.165, 1.54) is 0 Å². The maximum Gasteiger partial charge on any atom is 0.335 e. The molecule has 2 fully saturated rings. The summed E-state index contributed by atoms with van der Waals surface area (Å²) in [6.45, 7) is 9.94. The van der Waals surface area contributed by atoms with E-state index in [-0.39, 0.29) is 7.43 Å². The Morgan fingerprint density at radius 3 is 1.44 bits per heavy atom. The lowest BCUT2D eigenvalue weighted by Crippen LogP contribution is -2.61. The Balaban J connectivity index is 0.000000623. The molecular formula is C21H42O13. The summed E-state index contributed by atoms with van der Waals surface area (Å²) in [4.78, 5) is 10.8. The van der Waals surface area contributed by atoms with E-state index >= 15 is 0 Å². The minimum atomic E-state index is -1.69. The lowest BCUT2D eigenvalue weighted by atomic mass is 9.98. The van der Waals surface area contributed by atoms with Crippen molar-refractivity contribution in [2.45, 2.75) is 122 Å². The fourth-order valence-electron chi connectivity index (χ4n) is 3.01. The first-order chi connectivity index (χ1) is 14.9. The number of aliphatic hydroxyl groups excluding tert-OH is 7. The van der Waals surface area contributed by atoms with Crippen molar-refractivity contribution >= 4 is 5.97 Å². The van der Waals surface area contributed by atoms with Crippen LogP contribution in [-0.2, 0) is 23.7 Å². The van der Waals surface area contributed by atoms with Crippen molar-refractivity contribution in [1.29, 1.82) is 0 Å². The van der Waals surface area contributed by atoms with Crippen molar-refractivity contribution in [2.75, 3.05) is 6.61 Å². The predicted octanol–water partition coefficient (Wildman–Crippen LogP) is -2.07. The molecule has 2 aliphatic heterocycles. The number of rotatable bonds is 4. The first-order valence-electron chi connectivity index (χ1n) is 10.5. The number of carboxylic acids is 1. The molecule has 0 aliphatic carbocycles. The van der Waals surface area contributed by atoms with Gasteiger partial charge in [-0.15, -0.1) is 0 Å². The summed E-state index contributed by atoms with van der Waals surface area (Å²) in [5.74, 6) is -1.43. The second-order valence-corrected chi connectivity index (χ2v) is 9.89. The molecular weight excluding hydrogens is 460 g/mol. The van der Waals surface area contributed by atoms with Gasteiger partial charge in [0.1, 0.15) is 42.7 Å². The van der Waals surface area contributed by atoms with Crippen LogP contribution in [0.5, 0.6) is 0 Å². The largest absolute Gasteiger partial charge is 0.479 e. The normalized spacial score (nSPS) is 38.9. The quantitative estimate of drug-likeness (QED) is 0.208. The van der Waals surface area contributed by atoms with E-state index in [1.807, 2.05) is 0 Å². The van der Waals surface area contributed by atoms with Gasteiger partial charge in [-0.1, -0.05) is 7.43 Å². The van der Waals surface area contributed by atoms with E-state index < -0.39 is 85.2 Å². The molecule has 0 aromatic rings. The Labute approximate surface area is 199 Å². The highest BCUT2D eigenvalue weighted by Gasteiger charge is 2.48. The van der Waals surface area contributed by atoms with E-state index in [1.54, 1.807) is 41.5 Å². The minimum Gasteiger partial charge on any atom is -0.479 e. The fourth-order valence-corrected chi connectivity index (χ4v) is 3.01. The van der Waals surface area contributed by atoms with Crippen LogP contribution in [0.15, 0.2) is 0 Å². The number of carboxylic acid groups (broad SMARTS) is 1. The molecule has 2 rings (SSSR count). The molecule has 13 nitrogen and oxygen atoms in total. The molecule has 204 valence electrons. The summed E-state index contributed by atoms with van der Waals surface area (Å²) in [6, 6.07) is 0. The van der Waals surface area contributed by atoms with Crippen LogP contribution in [0.2, 0.25) is 0 Å². The third kappa shape index (κ3) is 9.24. The number of hydrogen-bond acceptors (Lipinski definition) is 12. The maximum absolute atomic E-state index is 10.8. The molecule has 10 atom stereocenters. The van der Waals surface area contributed by atoms with Gasteiger partial charge in [-0.2, -0.15) is 0 Å².